The van der Waals surface area contributed by atoms with Crippen molar-refractivity contribution in [2.45, 2.75) is 31.8 Å². The van der Waals surface area contributed by atoms with Crippen molar-refractivity contribution >= 4 is 28.9 Å². The van der Waals surface area contributed by atoms with Crippen LogP contribution in [0.5, 0.6) is 0 Å². The first kappa shape index (κ1) is 15.5. The van der Waals surface area contributed by atoms with Crippen molar-refractivity contribution in [3.05, 3.63) is 39.3 Å². The van der Waals surface area contributed by atoms with E-state index in [4.69, 9.17) is 16.7 Å². The SMILES string of the molecule is O=C(O)Cn1ccc(C2CCCN(Cc3sccc3Cl)C2)n1. The number of hydrogen-bond donors (Lipinski definition) is 1. The van der Waals surface area contributed by atoms with Crippen LogP contribution < -0.4 is 0 Å². The molecule has 1 aliphatic heterocycles. The maximum atomic E-state index is 10.7. The number of nitrogens with zero attached hydrogens (tertiary/aromatic N) is 3. The van der Waals surface area contributed by atoms with Crippen molar-refractivity contribution in [2.75, 3.05) is 13.1 Å². The summed E-state index contributed by atoms with van der Waals surface area (Å²) >= 11 is 7.87. The van der Waals surface area contributed by atoms with E-state index in [0.717, 1.165) is 43.2 Å². The Labute approximate surface area is 138 Å². The van der Waals surface area contributed by atoms with E-state index in [1.54, 1.807) is 17.5 Å². The summed E-state index contributed by atoms with van der Waals surface area (Å²) in [6.07, 6.45) is 3.97. The first-order valence-corrected chi connectivity index (χ1v) is 8.57. The van der Waals surface area contributed by atoms with Crippen molar-refractivity contribution in [3.63, 3.8) is 0 Å². The zero-order valence-corrected chi connectivity index (χ0v) is 13.7. The highest BCUT2D eigenvalue weighted by molar-refractivity contribution is 7.10. The zero-order valence-electron chi connectivity index (χ0n) is 12.1. The van der Waals surface area contributed by atoms with Crippen LogP contribution in [0.3, 0.4) is 0 Å². The van der Waals surface area contributed by atoms with Gasteiger partial charge in [-0.1, -0.05) is 11.6 Å². The quantitative estimate of drug-likeness (QED) is 0.909. The molecule has 0 aliphatic carbocycles. The van der Waals surface area contributed by atoms with E-state index >= 15 is 0 Å². The number of piperidine rings is 1. The lowest BCUT2D eigenvalue weighted by Crippen LogP contribution is -2.34. The first-order chi connectivity index (χ1) is 10.6. The van der Waals surface area contributed by atoms with Gasteiger partial charge >= 0.3 is 5.97 Å². The lowest BCUT2D eigenvalue weighted by atomic mass is 9.95. The van der Waals surface area contributed by atoms with Gasteiger partial charge in [0.05, 0.1) is 10.7 Å². The minimum atomic E-state index is -0.868. The number of thiophene rings is 1. The predicted molar refractivity (Wildman–Crippen MR) is 86.4 cm³/mol. The van der Waals surface area contributed by atoms with Crippen LogP contribution in [0.25, 0.3) is 0 Å². The second kappa shape index (κ2) is 6.81. The number of aliphatic carboxylic acids is 1. The molecule has 1 unspecified atom stereocenters. The van der Waals surface area contributed by atoms with Gasteiger partial charge in [-0.2, -0.15) is 5.10 Å². The molecule has 0 saturated carbocycles. The molecule has 2 aromatic rings. The molecule has 0 aromatic carbocycles. The van der Waals surface area contributed by atoms with Gasteiger partial charge in [0.2, 0.25) is 0 Å². The van der Waals surface area contributed by atoms with Crippen LogP contribution in [-0.2, 0) is 17.9 Å². The Kier molecular flexibility index (Phi) is 4.81. The molecule has 2 aromatic heterocycles. The molecular weight excluding hydrogens is 322 g/mol. The number of aromatic nitrogens is 2. The summed E-state index contributed by atoms with van der Waals surface area (Å²) in [5.74, 6) is -0.505. The van der Waals surface area contributed by atoms with Gasteiger partial charge in [-0.15, -0.1) is 11.3 Å². The molecule has 1 fully saturated rings. The van der Waals surface area contributed by atoms with Crippen molar-refractivity contribution in [1.82, 2.24) is 14.7 Å². The largest absolute Gasteiger partial charge is 0.480 e. The molecule has 5 nitrogen and oxygen atoms in total. The number of likely N-dealkylation sites (tertiary alicyclic amines) is 1. The molecule has 0 bridgehead atoms. The maximum Gasteiger partial charge on any atom is 0.325 e. The van der Waals surface area contributed by atoms with Gasteiger partial charge in [0.25, 0.3) is 0 Å². The van der Waals surface area contributed by atoms with Crippen molar-refractivity contribution < 1.29 is 9.90 Å². The van der Waals surface area contributed by atoms with Crippen molar-refractivity contribution in [3.8, 4) is 0 Å². The highest BCUT2D eigenvalue weighted by Crippen LogP contribution is 2.29. The third-order valence-electron chi connectivity index (χ3n) is 3.94. The summed E-state index contributed by atoms with van der Waals surface area (Å²) in [4.78, 5) is 14.3. The minimum Gasteiger partial charge on any atom is -0.480 e. The highest BCUT2D eigenvalue weighted by Gasteiger charge is 2.24. The standard InChI is InChI=1S/C15H18ClN3O2S/c16-12-4-7-22-14(12)9-18-5-1-2-11(8-18)13-3-6-19(17-13)10-15(20)21/h3-4,6-7,11H,1-2,5,8-10H2,(H,20,21). The molecule has 118 valence electrons. The van der Waals surface area contributed by atoms with E-state index in [2.05, 4.69) is 10.00 Å². The number of hydrogen-bond acceptors (Lipinski definition) is 4. The van der Waals surface area contributed by atoms with Crippen LogP contribution in [0.2, 0.25) is 5.02 Å². The molecule has 0 radical (unpaired) electrons. The smallest absolute Gasteiger partial charge is 0.325 e. The highest BCUT2D eigenvalue weighted by atomic mass is 35.5. The van der Waals surface area contributed by atoms with Gasteiger partial charge in [-0.05, 0) is 36.9 Å². The van der Waals surface area contributed by atoms with E-state index < -0.39 is 5.97 Å². The normalized spacial score (nSPS) is 19.4. The first-order valence-electron chi connectivity index (χ1n) is 7.31. The average molecular weight is 340 g/mol. The fraction of sp³-hybridized carbons (Fsp3) is 0.467. The summed E-state index contributed by atoms with van der Waals surface area (Å²) in [7, 11) is 0. The molecule has 1 saturated heterocycles. The lowest BCUT2D eigenvalue weighted by molar-refractivity contribution is -0.137. The van der Waals surface area contributed by atoms with E-state index in [1.165, 1.54) is 9.56 Å². The van der Waals surface area contributed by atoms with E-state index in [0.29, 0.717) is 5.92 Å². The van der Waals surface area contributed by atoms with Crippen LogP contribution in [-0.4, -0.2) is 38.8 Å². The van der Waals surface area contributed by atoms with Crippen molar-refractivity contribution in [1.29, 1.82) is 0 Å². The summed E-state index contributed by atoms with van der Waals surface area (Å²) in [6.45, 7) is 2.81. The second-order valence-electron chi connectivity index (χ2n) is 5.60. The van der Waals surface area contributed by atoms with Crippen LogP contribution in [0.4, 0.5) is 0 Å². The predicted octanol–water partition coefficient (Wildman–Crippen LogP) is 3.06. The minimum absolute atomic E-state index is 0.0821. The zero-order chi connectivity index (χ0) is 15.5. The van der Waals surface area contributed by atoms with Crippen LogP contribution >= 0.6 is 22.9 Å². The van der Waals surface area contributed by atoms with Gasteiger partial charge in [0, 0.05) is 30.1 Å². The number of rotatable bonds is 5. The van der Waals surface area contributed by atoms with Gasteiger partial charge < -0.3 is 5.11 Å². The number of carboxylic acids is 1. The molecule has 1 N–H and O–H groups in total. The van der Waals surface area contributed by atoms with Gasteiger partial charge in [0.1, 0.15) is 6.54 Å². The second-order valence-corrected chi connectivity index (χ2v) is 7.01. The third kappa shape index (κ3) is 3.69. The van der Waals surface area contributed by atoms with Crippen LogP contribution in [0, 0.1) is 0 Å². The fourth-order valence-corrected chi connectivity index (χ4v) is 4.04. The molecule has 3 rings (SSSR count). The van der Waals surface area contributed by atoms with E-state index in [1.807, 2.05) is 17.5 Å². The Morgan fingerprint density at radius 1 is 1.50 bits per heavy atom. The molecule has 3 heterocycles. The van der Waals surface area contributed by atoms with Gasteiger partial charge in [-0.3, -0.25) is 14.4 Å². The van der Waals surface area contributed by atoms with Gasteiger partial charge in [0.15, 0.2) is 0 Å². The number of halogens is 1. The third-order valence-corrected chi connectivity index (χ3v) is 5.31. The summed E-state index contributed by atoms with van der Waals surface area (Å²) in [6, 6.07) is 3.88. The molecule has 0 amide bonds. The average Bonchev–Trinajstić information content (AvgIpc) is 3.09. The Morgan fingerprint density at radius 3 is 3.09 bits per heavy atom. The van der Waals surface area contributed by atoms with Crippen molar-refractivity contribution in [2.24, 2.45) is 0 Å². The lowest BCUT2D eigenvalue weighted by Gasteiger charge is -2.31. The summed E-state index contributed by atoms with van der Waals surface area (Å²) in [5, 5.41) is 16.1. The fourth-order valence-electron chi connectivity index (χ4n) is 2.90. The Hall–Kier alpha value is -1.37. The van der Waals surface area contributed by atoms with Gasteiger partial charge in [-0.25, -0.2) is 0 Å². The van der Waals surface area contributed by atoms with Crippen LogP contribution in [0.1, 0.15) is 29.3 Å². The monoisotopic (exact) mass is 339 g/mol. The molecule has 7 heteroatoms. The molecule has 22 heavy (non-hydrogen) atoms. The van der Waals surface area contributed by atoms with Crippen LogP contribution in [0.15, 0.2) is 23.7 Å². The number of carbonyl (C=O) groups is 1. The summed E-state index contributed by atoms with van der Waals surface area (Å²) < 4.78 is 1.49. The molecule has 0 spiro atoms. The molecule has 1 atom stereocenters. The maximum absolute atomic E-state index is 10.7. The molecule has 1 aliphatic rings. The van der Waals surface area contributed by atoms with E-state index in [9.17, 15) is 4.79 Å². The Balaban J connectivity index is 1.64. The molecular formula is C15H18ClN3O2S. The Bertz CT molecular complexity index is 655. The van der Waals surface area contributed by atoms with E-state index in [-0.39, 0.29) is 6.54 Å². The topological polar surface area (TPSA) is 58.4 Å². The Morgan fingerprint density at radius 2 is 2.36 bits per heavy atom. The number of carboxylic acid groups (broad SMARTS) is 1. The summed E-state index contributed by atoms with van der Waals surface area (Å²) in [5.41, 5.74) is 0.989.